The topological polar surface area (TPSA) is 101 Å². The number of hydrogen-bond acceptors (Lipinski definition) is 5. The lowest BCUT2D eigenvalue weighted by Crippen LogP contribution is -2.41. The molecular weight excluding hydrogens is 248 g/mol. The van der Waals surface area contributed by atoms with Gasteiger partial charge < -0.3 is 5.73 Å². The van der Waals surface area contributed by atoms with Crippen LogP contribution in [0, 0.1) is 0 Å². The molecular formula is C11H16N6O2. The van der Waals surface area contributed by atoms with Crippen LogP contribution in [0.15, 0.2) is 22.0 Å². The number of rotatable bonds is 4. The lowest BCUT2D eigenvalue weighted by Gasteiger charge is -2.09. The van der Waals surface area contributed by atoms with Gasteiger partial charge >= 0.3 is 5.69 Å². The molecule has 0 saturated heterocycles. The third kappa shape index (κ3) is 2.56. The normalized spacial score (nSPS) is 10.8. The first-order valence-electron chi connectivity index (χ1n) is 5.98. The third-order valence-electron chi connectivity index (χ3n) is 2.70. The van der Waals surface area contributed by atoms with Crippen LogP contribution < -0.4 is 17.0 Å². The van der Waals surface area contributed by atoms with E-state index in [-0.39, 0.29) is 17.9 Å². The Hall–Kier alpha value is -2.38. The molecule has 102 valence electrons. The largest absolute Gasteiger partial charge is 0.393 e. The van der Waals surface area contributed by atoms with Gasteiger partial charge in [-0.1, -0.05) is 12.1 Å². The first kappa shape index (κ1) is 13.1. The molecule has 2 rings (SSSR count). The number of hydrogen-bond donors (Lipinski definition) is 1. The van der Waals surface area contributed by atoms with E-state index in [1.165, 1.54) is 15.4 Å². The van der Waals surface area contributed by atoms with E-state index < -0.39 is 5.56 Å². The zero-order valence-corrected chi connectivity index (χ0v) is 10.9. The van der Waals surface area contributed by atoms with Crippen LogP contribution in [-0.2, 0) is 20.1 Å². The lowest BCUT2D eigenvalue weighted by molar-refractivity contribution is 0.569. The van der Waals surface area contributed by atoms with E-state index in [1.807, 2.05) is 6.92 Å². The summed E-state index contributed by atoms with van der Waals surface area (Å²) in [6, 6.07) is 0. The van der Waals surface area contributed by atoms with E-state index in [0.29, 0.717) is 12.2 Å². The van der Waals surface area contributed by atoms with Gasteiger partial charge in [0, 0.05) is 26.0 Å². The highest BCUT2D eigenvalue weighted by Gasteiger charge is 2.11. The van der Waals surface area contributed by atoms with Gasteiger partial charge in [0.1, 0.15) is 11.4 Å². The van der Waals surface area contributed by atoms with E-state index in [4.69, 9.17) is 5.73 Å². The molecule has 0 atom stereocenters. The van der Waals surface area contributed by atoms with Gasteiger partial charge in [-0.3, -0.25) is 18.6 Å². The molecule has 0 aliphatic rings. The fraction of sp³-hybridized carbons (Fsp3) is 0.455. The van der Waals surface area contributed by atoms with Crippen LogP contribution in [0.1, 0.15) is 19.0 Å². The van der Waals surface area contributed by atoms with Gasteiger partial charge in [-0.2, -0.15) is 0 Å². The van der Waals surface area contributed by atoms with Crippen molar-refractivity contribution >= 4 is 5.69 Å². The van der Waals surface area contributed by atoms with Crippen molar-refractivity contribution in [2.75, 3.05) is 5.73 Å². The maximum Gasteiger partial charge on any atom is 0.331 e. The smallest absolute Gasteiger partial charge is 0.331 e. The van der Waals surface area contributed by atoms with Crippen molar-refractivity contribution in [2.45, 2.75) is 26.4 Å². The van der Waals surface area contributed by atoms with E-state index in [1.54, 1.807) is 13.2 Å². The number of nitrogens with zero attached hydrogens (tertiary/aromatic N) is 5. The van der Waals surface area contributed by atoms with Crippen LogP contribution in [0.5, 0.6) is 0 Å². The summed E-state index contributed by atoms with van der Waals surface area (Å²) in [5.41, 5.74) is 5.36. The third-order valence-corrected chi connectivity index (χ3v) is 2.70. The molecule has 0 radical (unpaired) electrons. The molecule has 0 bridgehead atoms. The summed E-state index contributed by atoms with van der Waals surface area (Å²) < 4.78 is 4.03. The van der Waals surface area contributed by atoms with Crippen molar-refractivity contribution in [3.05, 3.63) is 38.9 Å². The Labute approximate surface area is 109 Å². The molecule has 0 amide bonds. The first-order chi connectivity index (χ1) is 9.02. The van der Waals surface area contributed by atoms with E-state index >= 15 is 0 Å². The molecule has 2 aromatic heterocycles. The highest BCUT2D eigenvalue weighted by atomic mass is 16.2. The number of nitrogen functional groups attached to an aromatic ring is 1. The second-order valence-corrected chi connectivity index (χ2v) is 4.34. The molecule has 0 spiro atoms. The monoisotopic (exact) mass is 264 g/mol. The van der Waals surface area contributed by atoms with E-state index in [0.717, 1.165) is 11.0 Å². The van der Waals surface area contributed by atoms with Crippen LogP contribution in [0.2, 0.25) is 0 Å². The lowest BCUT2D eigenvalue weighted by atomic mass is 10.4. The average molecular weight is 264 g/mol. The minimum absolute atomic E-state index is 0.0527. The highest BCUT2D eigenvalue weighted by Crippen LogP contribution is 1.96. The second kappa shape index (κ2) is 5.09. The maximum atomic E-state index is 12.2. The molecule has 0 aliphatic carbocycles. The van der Waals surface area contributed by atoms with Gasteiger partial charge in [0.25, 0.3) is 5.56 Å². The van der Waals surface area contributed by atoms with Crippen molar-refractivity contribution in [2.24, 2.45) is 7.05 Å². The number of aromatic nitrogens is 5. The van der Waals surface area contributed by atoms with Crippen molar-refractivity contribution in [3.8, 4) is 0 Å². The van der Waals surface area contributed by atoms with Gasteiger partial charge in [0.05, 0.1) is 6.54 Å². The molecule has 8 heteroatoms. The second-order valence-electron chi connectivity index (χ2n) is 4.34. The number of nitrogens with two attached hydrogens (primary N) is 1. The molecule has 0 aliphatic heterocycles. The summed E-state index contributed by atoms with van der Waals surface area (Å²) >= 11 is 0. The van der Waals surface area contributed by atoms with Crippen LogP contribution >= 0.6 is 0 Å². The van der Waals surface area contributed by atoms with Crippen molar-refractivity contribution in [1.82, 2.24) is 24.1 Å². The number of anilines is 1. The Morgan fingerprint density at radius 2 is 2.05 bits per heavy atom. The zero-order valence-electron chi connectivity index (χ0n) is 10.9. The zero-order chi connectivity index (χ0) is 14.0. The SMILES string of the molecule is CCCn1cc(N)c(=O)n(Cc2cn(C)nn2)c1=O. The van der Waals surface area contributed by atoms with Gasteiger partial charge in [0.15, 0.2) is 0 Å². The Balaban J connectivity index is 2.49. The fourth-order valence-corrected chi connectivity index (χ4v) is 1.85. The molecule has 2 N–H and O–H groups in total. The van der Waals surface area contributed by atoms with E-state index in [9.17, 15) is 9.59 Å². The Morgan fingerprint density at radius 3 is 2.63 bits per heavy atom. The van der Waals surface area contributed by atoms with Crippen LogP contribution in [-0.4, -0.2) is 24.1 Å². The molecule has 19 heavy (non-hydrogen) atoms. The predicted molar refractivity (Wildman–Crippen MR) is 69.8 cm³/mol. The first-order valence-corrected chi connectivity index (χ1v) is 5.98. The van der Waals surface area contributed by atoms with E-state index in [2.05, 4.69) is 10.3 Å². The molecule has 0 fully saturated rings. The Morgan fingerprint density at radius 1 is 1.32 bits per heavy atom. The van der Waals surface area contributed by atoms with Gasteiger partial charge in [-0.25, -0.2) is 4.79 Å². The fourth-order valence-electron chi connectivity index (χ4n) is 1.85. The average Bonchev–Trinajstić information content (AvgIpc) is 2.77. The summed E-state index contributed by atoms with van der Waals surface area (Å²) in [6.07, 6.45) is 3.82. The molecule has 2 heterocycles. The van der Waals surface area contributed by atoms with Crippen LogP contribution in [0.3, 0.4) is 0 Å². The summed E-state index contributed by atoms with van der Waals surface area (Å²) in [6.45, 7) is 2.53. The minimum Gasteiger partial charge on any atom is -0.393 e. The highest BCUT2D eigenvalue weighted by molar-refractivity contribution is 5.31. The van der Waals surface area contributed by atoms with Crippen molar-refractivity contribution < 1.29 is 0 Å². The summed E-state index contributed by atoms with van der Waals surface area (Å²) in [4.78, 5) is 24.1. The van der Waals surface area contributed by atoms with Gasteiger partial charge in [0.2, 0.25) is 0 Å². The number of aryl methyl sites for hydroxylation is 2. The molecule has 0 saturated carbocycles. The molecule has 0 unspecified atom stereocenters. The molecule has 2 aromatic rings. The summed E-state index contributed by atoms with van der Waals surface area (Å²) in [7, 11) is 1.72. The van der Waals surface area contributed by atoms with Crippen molar-refractivity contribution in [3.63, 3.8) is 0 Å². The Bertz CT molecular complexity index is 696. The standard InChI is InChI=1S/C11H16N6O2/c1-3-4-16-7-9(12)10(18)17(11(16)19)6-8-5-15(2)14-13-8/h5,7H,3-4,6,12H2,1-2H3. The quantitative estimate of drug-likeness (QED) is 0.777. The summed E-state index contributed by atoms with van der Waals surface area (Å²) in [5, 5.41) is 7.63. The van der Waals surface area contributed by atoms with Crippen LogP contribution in [0.4, 0.5) is 5.69 Å². The predicted octanol–water partition coefficient (Wildman–Crippen LogP) is -0.821. The van der Waals surface area contributed by atoms with Gasteiger partial charge in [-0.15, -0.1) is 5.10 Å². The minimum atomic E-state index is -0.497. The van der Waals surface area contributed by atoms with Crippen molar-refractivity contribution in [1.29, 1.82) is 0 Å². The maximum absolute atomic E-state index is 12.2. The van der Waals surface area contributed by atoms with Gasteiger partial charge in [-0.05, 0) is 6.42 Å². The van der Waals surface area contributed by atoms with Crippen LogP contribution in [0.25, 0.3) is 0 Å². The molecule has 0 aromatic carbocycles. The Kier molecular flexibility index (Phi) is 3.50. The molecule has 8 nitrogen and oxygen atoms in total. The summed E-state index contributed by atoms with van der Waals surface area (Å²) in [5.74, 6) is 0.